The number of nitrogens with zero attached hydrogens (tertiary/aromatic N) is 6. The molecule has 386 valence electrons. The molecule has 0 spiro atoms. The van der Waals surface area contributed by atoms with E-state index >= 15 is 0 Å². The van der Waals surface area contributed by atoms with Crippen LogP contribution in [-0.2, 0) is 50.8 Å². The summed E-state index contributed by atoms with van der Waals surface area (Å²) in [5.41, 5.74) is 8.47. The first kappa shape index (κ1) is 60.8. The average Bonchev–Trinajstić information content (AvgIpc) is 3.89. The second kappa shape index (κ2) is 31.8. The number of fused-ring (bicyclic) bond motifs is 6. The number of esters is 1. The van der Waals surface area contributed by atoms with Crippen molar-refractivity contribution in [1.29, 1.82) is 0 Å². The van der Waals surface area contributed by atoms with Gasteiger partial charge >= 0.3 is 26.4 Å². The number of aryl methyl sites for hydroxylation is 2. The van der Waals surface area contributed by atoms with Gasteiger partial charge in [-0.1, -0.05) is 83.4 Å². The van der Waals surface area contributed by atoms with Crippen molar-refractivity contribution in [3.63, 3.8) is 0 Å². The van der Waals surface area contributed by atoms with E-state index in [0.717, 1.165) is 117 Å². The second-order valence-electron chi connectivity index (χ2n) is 18.0. The summed E-state index contributed by atoms with van der Waals surface area (Å²) in [5, 5.41) is 13.6. The SMILES string of the molecule is CCC1c2cc3[n-]c(c(C)c3C)c(CC(=O)OC)c3nc(cc(=C(C)C)[n-]/c(=C/C(C)=O)cc(n2)[C@@H]1C)[C@@H](C)C3CCC(=O)NCCNCCN(CC)CC.CCN(CC)CCNCCNC=O.[Pd+2]. The van der Waals surface area contributed by atoms with Crippen molar-refractivity contribution >= 4 is 46.8 Å². The summed E-state index contributed by atoms with van der Waals surface area (Å²) in [7, 11) is 1.39. The first-order valence-corrected chi connectivity index (χ1v) is 25.0. The standard InChI is InChI=1S/C44H65N7O4.C9H21N3O.Pd/c1-12-33-30(9)37-22-32(21-27(6)52)47-36(26(4)5)24-39-31(10)34(15-16-41(53)46-18-17-45-19-20-51(13-2)14-3)44(50-39)35(23-42(54)55-11)43-29(8)28(7)38(49-43)25-40(33)48-37;1-3-12(4-2)8-7-10-5-6-11-9-13;/h21-22,24-25,30-31,33-34,45H,12-20,23H2,1-11H3,(H3,46,47,48,49,50,52,53);9-10H,3-8H2,1-2H3,(H,11,13);/q;;+2/p-2/t30-,31+,33?,34?;;/m1../s1. The molecular weight excluding hydrogens is 963 g/mol. The van der Waals surface area contributed by atoms with Gasteiger partial charge in [0.25, 0.3) is 0 Å². The first-order valence-electron chi connectivity index (χ1n) is 25.0. The Kier molecular flexibility index (Phi) is 28.1. The van der Waals surface area contributed by atoms with Crippen LogP contribution >= 0.6 is 0 Å². The van der Waals surface area contributed by atoms with Crippen LogP contribution in [0.1, 0.15) is 152 Å². The van der Waals surface area contributed by atoms with Crippen molar-refractivity contribution in [2.24, 2.45) is 0 Å². The molecular formula is C53H84N10O5Pd. The zero-order valence-electron chi connectivity index (χ0n) is 44.1. The number of carbonyl (C=O) groups is 4. The minimum absolute atomic E-state index is 0. The van der Waals surface area contributed by atoms with Gasteiger partial charge in [-0.25, -0.2) is 0 Å². The molecule has 6 bridgehead atoms. The van der Waals surface area contributed by atoms with Gasteiger partial charge in [0.1, 0.15) is 0 Å². The summed E-state index contributed by atoms with van der Waals surface area (Å²) in [6.45, 7) is 35.6. The largest absolute Gasteiger partial charge is 2.00 e. The fourth-order valence-electron chi connectivity index (χ4n) is 8.74. The van der Waals surface area contributed by atoms with Gasteiger partial charge in [-0.2, -0.15) is 0 Å². The molecule has 4 N–H and O–H groups in total. The molecule has 0 fully saturated rings. The number of hydrogen-bond acceptors (Lipinski definition) is 11. The molecule has 4 rings (SSSR count). The molecule has 4 atom stereocenters. The maximum absolute atomic E-state index is 13.2. The number of Topliss-reactive ketones (excluding diaryl/α,β-unsaturated/α-hetero) is 1. The number of carbonyl (C=O) groups excluding carboxylic acids is 4. The Morgan fingerprint density at radius 2 is 1.35 bits per heavy atom. The van der Waals surface area contributed by atoms with Crippen LogP contribution in [0.25, 0.3) is 22.7 Å². The Balaban J connectivity index is 0.00000102. The van der Waals surface area contributed by atoms with E-state index in [1.165, 1.54) is 14.0 Å². The van der Waals surface area contributed by atoms with E-state index in [4.69, 9.17) is 24.7 Å². The van der Waals surface area contributed by atoms with E-state index in [2.05, 4.69) is 92.5 Å². The predicted molar refractivity (Wildman–Crippen MR) is 275 cm³/mol. The van der Waals surface area contributed by atoms with Crippen molar-refractivity contribution in [2.75, 3.05) is 85.6 Å². The van der Waals surface area contributed by atoms with E-state index in [1.807, 2.05) is 32.9 Å². The molecule has 15 nitrogen and oxygen atoms in total. The molecule has 2 amide bonds. The van der Waals surface area contributed by atoms with Crippen molar-refractivity contribution in [1.82, 2.24) is 51.0 Å². The third-order valence-electron chi connectivity index (χ3n) is 13.3. The molecule has 4 heterocycles. The summed E-state index contributed by atoms with van der Waals surface area (Å²) >= 11 is 0. The van der Waals surface area contributed by atoms with E-state index in [1.54, 1.807) is 6.08 Å². The molecule has 2 aromatic rings. The average molecular weight is 1050 g/mol. The smallest absolute Gasteiger partial charge is 0.658 e. The predicted octanol–water partition coefficient (Wildman–Crippen LogP) is 4.55. The van der Waals surface area contributed by atoms with Gasteiger partial charge < -0.3 is 45.8 Å². The molecule has 0 aliphatic carbocycles. The normalized spacial score (nSPS) is 16.5. The minimum Gasteiger partial charge on any atom is -0.658 e. The van der Waals surface area contributed by atoms with E-state index in [-0.39, 0.29) is 68.2 Å². The maximum Gasteiger partial charge on any atom is 2.00 e. The molecule has 16 heteroatoms. The van der Waals surface area contributed by atoms with E-state index in [9.17, 15) is 19.2 Å². The topological polar surface area (TPSA) is 186 Å². The molecule has 2 unspecified atom stereocenters. The fraction of sp³-hybridized carbons (Fsp3) is 0.623. The van der Waals surface area contributed by atoms with E-state index in [0.29, 0.717) is 54.3 Å². The van der Waals surface area contributed by atoms with Crippen LogP contribution in [0.5, 0.6) is 0 Å². The molecule has 0 aromatic carbocycles. The molecule has 0 saturated carbocycles. The van der Waals surface area contributed by atoms with Gasteiger partial charge in [-0.3, -0.25) is 29.1 Å². The minimum atomic E-state index is -0.387. The Morgan fingerprint density at radius 3 is 1.90 bits per heavy atom. The van der Waals surface area contributed by atoms with Crippen molar-refractivity contribution in [3.8, 4) is 0 Å². The van der Waals surface area contributed by atoms with Crippen LogP contribution in [-0.4, -0.2) is 129 Å². The molecule has 0 radical (unpaired) electrons. The van der Waals surface area contributed by atoms with Crippen LogP contribution in [0.2, 0.25) is 0 Å². The zero-order valence-corrected chi connectivity index (χ0v) is 45.6. The van der Waals surface area contributed by atoms with Crippen molar-refractivity contribution in [3.05, 3.63) is 68.4 Å². The number of rotatable bonds is 24. The third kappa shape index (κ3) is 18.8. The van der Waals surface area contributed by atoms with Gasteiger partial charge in [0, 0.05) is 105 Å². The molecule has 2 aliphatic heterocycles. The second-order valence-corrected chi connectivity index (χ2v) is 18.0. The number of ketones is 1. The number of likely N-dealkylation sites (N-methyl/N-ethyl adjacent to an activating group) is 2. The molecule has 2 aromatic heterocycles. The first-order chi connectivity index (χ1) is 32.6. The summed E-state index contributed by atoms with van der Waals surface area (Å²) in [6, 6.07) is 5.98. The molecule has 69 heavy (non-hydrogen) atoms. The maximum atomic E-state index is 13.2. The zero-order chi connectivity index (χ0) is 50.3. The van der Waals surface area contributed by atoms with Crippen LogP contribution in [0.15, 0.2) is 18.2 Å². The monoisotopic (exact) mass is 1050 g/mol. The summed E-state index contributed by atoms with van der Waals surface area (Å²) in [5.74, 6) is -0.543. The number of methoxy groups -OCH3 is 1. The number of hydrogen-bond donors (Lipinski definition) is 4. The van der Waals surface area contributed by atoms with Gasteiger partial charge in [-0.05, 0) is 85.3 Å². The quantitative estimate of drug-likeness (QED) is 0.0498. The number of amides is 2. The van der Waals surface area contributed by atoms with Crippen LogP contribution in [0.4, 0.5) is 0 Å². The number of aromatic nitrogens is 4. The Bertz CT molecular complexity index is 2280. The van der Waals surface area contributed by atoms with Gasteiger partial charge in [0.2, 0.25) is 12.3 Å². The van der Waals surface area contributed by atoms with E-state index < -0.39 is 0 Å². The number of nitrogens with one attached hydrogen (secondary N) is 4. The van der Waals surface area contributed by atoms with Gasteiger partial charge in [0.15, 0.2) is 5.78 Å². The number of ether oxygens (including phenoxy) is 1. The van der Waals surface area contributed by atoms with Crippen molar-refractivity contribution < 1.29 is 44.3 Å². The van der Waals surface area contributed by atoms with Crippen LogP contribution in [0.3, 0.4) is 0 Å². The van der Waals surface area contributed by atoms with Crippen molar-refractivity contribution in [2.45, 2.75) is 132 Å². The van der Waals surface area contributed by atoms with Crippen LogP contribution < -0.4 is 41.9 Å². The third-order valence-corrected chi connectivity index (χ3v) is 13.3. The van der Waals surface area contributed by atoms with Gasteiger partial charge in [-0.15, -0.1) is 21.7 Å². The Labute approximate surface area is 426 Å². The Morgan fingerprint density at radius 1 is 0.754 bits per heavy atom. The summed E-state index contributed by atoms with van der Waals surface area (Å²) < 4.78 is 5.23. The van der Waals surface area contributed by atoms with Crippen LogP contribution in [0, 0.1) is 13.8 Å². The van der Waals surface area contributed by atoms with Gasteiger partial charge in [0.05, 0.1) is 13.5 Å². The molecule has 2 aliphatic rings. The summed E-state index contributed by atoms with van der Waals surface area (Å²) in [4.78, 5) is 74.1. The summed E-state index contributed by atoms with van der Waals surface area (Å²) in [6.07, 6.45) is 3.97. The molecule has 0 saturated heterocycles. The Hall–Kier alpha value is -4.30. The fourth-order valence-corrected chi connectivity index (χ4v) is 8.74.